The Balaban J connectivity index is 2.64. The van der Waals surface area contributed by atoms with E-state index < -0.39 is 10.0 Å². The van der Waals surface area contributed by atoms with Gasteiger partial charge in [-0.1, -0.05) is 19.8 Å². The minimum atomic E-state index is -3.12. The molecule has 0 atom stereocenters. The van der Waals surface area contributed by atoms with Gasteiger partial charge in [0.2, 0.25) is 10.0 Å². The van der Waals surface area contributed by atoms with Crippen molar-refractivity contribution in [1.82, 2.24) is 4.72 Å². The molecule has 0 unspecified atom stereocenters. The number of nitrogens with two attached hydrogens (primary N) is 1. The van der Waals surface area contributed by atoms with E-state index in [1.807, 2.05) is 6.92 Å². The molecule has 0 spiro atoms. The third-order valence-corrected chi connectivity index (χ3v) is 4.49. The summed E-state index contributed by atoms with van der Waals surface area (Å²) in [7, 11) is -3.12. The van der Waals surface area contributed by atoms with Crippen LogP contribution in [-0.2, 0) is 10.0 Å². The first kappa shape index (κ1) is 11.9. The summed E-state index contributed by atoms with van der Waals surface area (Å²) in [5, 5.41) is 0. The first-order chi connectivity index (χ1) is 6.54. The van der Waals surface area contributed by atoms with Crippen molar-refractivity contribution in [2.45, 2.75) is 44.6 Å². The van der Waals surface area contributed by atoms with Crippen LogP contribution >= 0.6 is 0 Å². The Labute approximate surface area is 86.3 Å². The van der Waals surface area contributed by atoms with E-state index in [0.29, 0.717) is 13.0 Å². The highest BCUT2D eigenvalue weighted by Gasteiger charge is 2.35. The average molecular weight is 220 g/mol. The fraction of sp³-hybridized carbons (Fsp3) is 1.00. The second-order valence-electron chi connectivity index (χ2n) is 4.11. The fourth-order valence-corrected chi connectivity index (χ4v) is 3.64. The van der Waals surface area contributed by atoms with Crippen LogP contribution in [0.1, 0.15) is 39.0 Å². The van der Waals surface area contributed by atoms with Crippen LogP contribution < -0.4 is 10.5 Å². The normalized spacial score (nSPS) is 21.3. The van der Waals surface area contributed by atoms with Gasteiger partial charge in [0.1, 0.15) is 0 Å². The first-order valence-electron chi connectivity index (χ1n) is 5.25. The second-order valence-corrected chi connectivity index (χ2v) is 5.95. The van der Waals surface area contributed by atoms with Gasteiger partial charge in [-0.25, -0.2) is 13.1 Å². The largest absolute Gasteiger partial charge is 0.329 e. The van der Waals surface area contributed by atoms with Crippen LogP contribution in [0, 0.1) is 0 Å². The molecule has 5 heteroatoms. The van der Waals surface area contributed by atoms with Gasteiger partial charge in [-0.2, -0.15) is 0 Å². The predicted octanol–water partition coefficient (Wildman–Crippen LogP) is 0.587. The third kappa shape index (κ3) is 2.93. The Bertz CT molecular complexity index is 269. The Kier molecular flexibility index (Phi) is 3.92. The van der Waals surface area contributed by atoms with Crippen molar-refractivity contribution < 1.29 is 8.42 Å². The summed E-state index contributed by atoms with van der Waals surface area (Å²) >= 11 is 0. The maximum absolute atomic E-state index is 11.6. The molecule has 84 valence electrons. The summed E-state index contributed by atoms with van der Waals surface area (Å²) in [4.78, 5) is 0. The van der Waals surface area contributed by atoms with Crippen molar-refractivity contribution in [3.05, 3.63) is 0 Å². The zero-order valence-corrected chi connectivity index (χ0v) is 9.57. The number of sulfonamides is 1. The highest BCUT2D eigenvalue weighted by Crippen LogP contribution is 2.29. The SMILES string of the molecule is CCCS(=O)(=O)NC1(CN)CCCC1. The van der Waals surface area contributed by atoms with Crippen LogP contribution in [0.2, 0.25) is 0 Å². The van der Waals surface area contributed by atoms with Gasteiger partial charge in [0.25, 0.3) is 0 Å². The lowest BCUT2D eigenvalue weighted by Gasteiger charge is -2.28. The second kappa shape index (κ2) is 4.59. The van der Waals surface area contributed by atoms with Gasteiger partial charge >= 0.3 is 0 Å². The van der Waals surface area contributed by atoms with E-state index in [1.165, 1.54) is 0 Å². The number of hydrogen-bond acceptors (Lipinski definition) is 3. The zero-order chi connectivity index (χ0) is 10.7. The Hall–Kier alpha value is -0.130. The molecule has 3 N–H and O–H groups in total. The van der Waals surface area contributed by atoms with Crippen molar-refractivity contribution in [2.75, 3.05) is 12.3 Å². The van der Waals surface area contributed by atoms with Crippen molar-refractivity contribution >= 4 is 10.0 Å². The lowest BCUT2D eigenvalue weighted by Crippen LogP contribution is -2.52. The van der Waals surface area contributed by atoms with Gasteiger partial charge in [-0.05, 0) is 19.3 Å². The first-order valence-corrected chi connectivity index (χ1v) is 6.90. The van der Waals surface area contributed by atoms with E-state index in [1.54, 1.807) is 0 Å². The molecule has 0 amide bonds. The van der Waals surface area contributed by atoms with E-state index in [2.05, 4.69) is 4.72 Å². The fourth-order valence-electron chi connectivity index (χ4n) is 2.05. The predicted molar refractivity (Wildman–Crippen MR) is 57.5 cm³/mol. The van der Waals surface area contributed by atoms with Gasteiger partial charge in [0, 0.05) is 12.1 Å². The Morgan fingerprint density at radius 1 is 1.36 bits per heavy atom. The molecule has 1 fully saturated rings. The minimum Gasteiger partial charge on any atom is -0.329 e. The van der Waals surface area contributed by atoms with Crippen LogP contribution in [0.15, 0.2) is 0 Å². The standard InChI is InChI=1S/C9H20N2O2S/c1-2-7-14(12,13)11-9(8-10)5-3-4-6-9/h11H,2-8,10H2,1H3. The molecule has 0 aliphatic heterocycles. The molecule has 0 aromatic carbocycles. The molecule has 0 aromatic heterocycles. The molecule has 1 saturated carbocycles. The van der Waals surface area contributed by atoms with Crippen LogP contribution in [-0.4, -0.2) is 26.3 Å². The summed E-state index contributed by atoms with van der Waals surface area (Å²) in [5.74, 6) is 0.203. The van der Waals surface area contributed by atoms with Crippen molar-refractivity contribution in [2.24, 2.45) is 5.73 Å². The summed E-state index contributed by atoms with van der Waals surface area (Å²) < 4.78 is 25.9. The number of nitrogens with one attached hydrogen (secondary N) is 1. The highest BCUT2D eigenvalue weighted by molar-refractivity contribution is 7.89. The molecule has 1 rings (SSSR count). The van der Waals surface area contributed by atoms with Crippen molar-refractivity contribution in [3.8, 4) is 0 Å². The maximum atomic E-state index is 11.6. The molecule has 14 heavy (non-hydrogen) atoms. The average Bonchev–Trinajstić information content (AvgIpc) is 2.53. The van der Waals surface area contributed by atoms with E-state index in [-0.39, 0.29) is 11.3 Å². The van der Waals surface area contributed by atoms with Gasteiger partial charge in [-0.3, -0.25) is 0 Å². The molecule has 0 aromatic rings. The maximum Gasteiger partial charge on any atom is 0.212 e. The summed E-state index contributed by atoms with van der Waals surface area (Å²) in [6, 6.07) is 0. The lowest BCUT2D eigenvalue weighted by molar-refractivity contribution is 0.399. The minimum absolute atomic E-state index is 0.203. The molecule has 0 radical (unpaired) electrons. The smallest absolute Gasteiger partial charge is 0.212 e. The number of hydrogen-bond donors (Lipinski definition) is 2. The Morgan fingerprint density at radius 2 is 1.93 bits per heavy atom. The van der Waals surface area contributed by atoms with Crippen molar-refractivity contribution in [1.29, 1.82) is 0 Å². The monoisotopic (exact) mass is 220 g/mol. The molecule has 0 saturated heterocycles. The van der Waals surface area contributed by atoms with E-state index >= 15 is 0 Å². The molecule has 0 bridgehead atoms. The third-order valence-electron chi connectivity index (χ3n) is 2.80. The van der Waals surface area contributed by atoms with Crippen LogP contribution in [0.4, 0.5) is 0 Å². The highest BCUT2D eigenvalue weighted by atomic mass is 32.2. The van der Waals surface area contributed by atoms with E-state index in [9.17, 15) is 8.42 Å². The molecule has 1 aliphatic carbocycles. The van der Waals surface area contributed by atoms with E-state index in [0.717, 1.165) is 25.7 Å². The molecular weight excluding hydrogens is 200 g/mol. The summed E-state index contributed by atoms with van der Waals surface area (Å²) in [5.41, 5.74) is 5.31. The lowest BCUT2D eigenvalue weighted by atomic mass is 10.0. The zero-order valence-electron chi connectivity index (χ0n) is 8.75. The Morgan fingerprint density at radius 3 is 2.36 bits per heavy atom. The summed E-state index contributed by atoms with van der Waals surface area (Å²) in [6.45, 7) is 2.28. The molecule has 1 aliphatic rings. The number of rotatable bonds is 5. The molecule has 0 heterocycles. The summed E-state index contributed by atoms with van der Waals surface area (Å²) in [6.07, 6.45) is 4.56. The quantitative estimate of drug-likeness (QED) is 0.712. The molecule has 4 nitrogen and oxygen atoms in total. The van der Waals surface area contributed by atoms with Gasteiger partial charge in [0.15, 0.2) is 0 Å². The van der Waals surface area contributed by atoms with Crippen LogP contribution in [0.3, 0.4) is 0 Å². The van der Waals surface area contributed by atoms with Gasteiger partial charge < -0.3 is 5.73 Å². The van der Waals surface area contributed by atoms with Gasteiger partial charge in [-0.15, -0.1) is 0 Å². The van der Waals surface area contributed by atoms with Crippen LogP contribution in [0.5, 0.6) is 0 Å². The van der Waals surface area contributed by atoms with Crippen molar-refractivity contribution in [3.63, 3.8) is 0 Å². The van der Waals surface area contributed by atoms with Crippen LogP contribution in [0.25, 0.3) is 0 Å². The van der Waals surface area contributed by atoms with Gasteiger partial charge in [0.05, 0.1) is 5.75 Å². The van der Waals surface area contributed by atoms with E-state index in [4.69, 9.17) is 5.73 Å². The molecular formula is C9H20N2O2S. The topological polar surface area (TPSA) is 72.2 Å².